The van der Waals surface area contributed by atoms with Gasteiger partial charge in [-0.1, -0.05) is 0 Å². The van der Waals surface area contributed by atoms with Crippen molar-refractivity contribution in [3.63, 3.8) is 0 Å². The Labute approximate surface area is 91.0 Å². The topological polar surface area (TPSA) is 41.6 Å². The summed E-state index contributed by atoms with van der Waals surface area (Å²) in [5, 5.41) is 3.63. The molecule has 0 aromatic heterocycles. The van der Waals surface area contributed by atoms with E-state index in [1.54, 1.807) is 6.92 Å². The standard InChI is InChI=1S/C11H20N2O2/c1-9(14)13-5-2-11(8-13)12-10-3-6-15-7-4-10/h10-12H,2-8H2,1H3. The lowest BCUT2D eigenvalue weighted by Crippen LogP contribution is -2.43. The zero-order valence-corrected chi connectivity index (χ0v) is 9.37. The van der Waals surface area contributed by atoms with E-state index in [1.807, 2.05) is 4.90 Å². The molecule has 15 heavy (non-hydrogen) atoms. The third kappa shape index (κ3) is 2.92. The molecule has 2 heterocycles. The van der Waals surface area contributed by atoms with Crippen molar-refractivity contribution >= 4 is 5.91 Å². The van der Waals surface area contributed by atoms with Gasteiger partial charge >= 0.3 is 0 Å². The molecule has 4 heteroatoms. The zero-order valence-electron chi connectivity index (χ0n) is 9.37. The summed E-state index contributed by atoms with van der Waals surface area (Å²) in [4.78, 5) is 13.1. The molecule has 0 spiro atoms. The minimum absolute atomic E-state index is 0.200. The fraction of sp³-hybridized carbons (Fsp3) is 0.909. The van der Waals surface area contributed by atoms with Gasteiger partial charge in [-0.15, -0.1) is 0 Å². The van der Waals surface area contributed by atoms with Gasteiger partial charge in [0.1, 0.15) is 0 Å². The van der Waals surface area contributed by atoms with E-state index in [2.05, 4.69) is 5.32 Å². The van der Waals surface area contributed by atoms with Crippen molar-refractivity contribution in [3.05, 3.63) is 0 Å². The molecule has 0 radical (unpaired) electrons. The lowest BCUT2D eigenvalue weighted by molar-refractivity contribution is -0.127. The molecule has 1 amide bonds. The highest BCUT2D eigenvalue weighted by Crippen LogP contribution is 2.13. The summed E-state index contributed by atoms with van der Waals surface area (Å²) in [6.07, 6.45) is 3.31. The molecule has 2 aliphatic rings. The third-order valence-electron chi connectivity index (χ3n) is 3.33. The van der Waals surface area contributed by atoms with E-state index in [0.29, 0.717) is 12.1 Å². The third-order valence-corrected chi connectivity index (χ3v) is 3.33. The highest BCUT2D eigenvalue weighted by Gasteiger charge is 2.26. The fourth-order valence-electron chi connectivity index (χ4n) is 2.38. The first kappa shape index (κ1) is 10.9. The normalized spacial score (nSPS) is 28.3. The van der Waals surface area contributed by atoms with Crippen LogP contribution in [0.5, 0.6) is 0 Å². The molecule has 0 aliphatic carbocycles. The van der Waals surface area contributed by atoms with Gasteiger partial charge < -0.3 is 15.0 Å². The van der Waals surface area contributed by atoms with Gasteiger partial charge in [0.05, 0.1) is 0 Å². The van der Waals surface area contributed by atoms with Crippen LogP contribution in [0, 0.1) is 0 Å². The Morgan fingerprint density at radius 2 is 2.00 bits per heavy atom. The van der Waals surface area contributed by atoms with Crippen LogP contribution < -0.4 is 5.32 Å². The van der Waals surface area contributed by atoms with E-state index >= 15 is 0 Å². The molecule has 2 rings (SSSR count). The molecule has 1 N–H and O–H groups in total. The number of rotatable bonds is 2. The summed E-state index contributed by atoms with van der Waals surface area (Å²) in [6, 6.07) is 1.09. The number of nitrogens with zero attached hydrogens (tertiary/aromatic N) is 1. The molecule has 0 bridgehead atoms. The summed E-state index contributed by atoms with van der Waals surface area (Å²) in [5.74, 6) is 0.200. The van der Waals surface area contributed by atoms with E-state index in [0.717, 1.165) is 45.6 Å². The highest BCUT2D eigenvalue weighted by molar-refractivity contribution is 5.73. The lowest BCUT2D eigenvalue weighted by atomic mass is 10.1. The number of nitrogens with one attached hydrogen (secondary N) is 1. The highest BCUT2D eigenvalue weighted by atomic mass is 16.5. The van der Waals surface area contributed by atoms with Crippen LogP contribution >= 0.6 is 0 Å². The average molecular weight is 212 g/mol. The summed E-state index contributed by atoms with van der Waals surface area (Å²) in [7, 11) is 0. The molecule has 4 nitrogen and oxygen atoms in total. The molecule has 2 saturated heterocycles. The Morgan fingerprint density at radius 1 is 1.27 bits per heavy atom. The maximum Gasteiger partial charge on any atom is 0.219 e. The molecule has 2 fully saturated rings. The Bertz CT molecular complexity index is 227. The van der Waals surface area contributed by atoms with E-state index < -0.39 is 0 Å². The van der Waals surface area contributed by atoms with Gasteiger partial charge in [0.2, 0.25) is 5.91 Å². The second-order valence-electron chi connectivity index (χ2n) is 4.50. The van der Waals surface area contributed by atoms with Gasteiger partial charge in [0.15, 0.2) is 0 Å². The van der Waals surface area contributed by atoms with Crippen LogP contribution in [-0.2, 0) is 9.53 Å². The largest absolute Gasteiger partial charge is 0.381 e. The summed E-state index contributed by atoms with van der Waals surface area (Å²) in [5.41, 5.74) is 0. The van der Waals surface area contributed by atoms with Gasteiger partial charge in [-0.05, 0) is 19.3 Å². The molecule has 0 aromatic rings. The van der Waals surface area contributed by atoms with Crippen molar-refractivity contribution in [1.29, 1.82) is 0 Å². The van der Waals surface area contributed by atoms with E-state index in [4.69, 9.17) is 4.74 Å². The van der Waals surface area contributed by atoms with Crippen LogP contribution in [0.25, 0.3) is 0 Å². The lowest BCUT2D eigenvalue weighted by Gasteiger charge is -2.26. The molecule has 1 unspecified atom stereocenters. The first-order chi connectivity index (χ1) is 7.25. The maximum atomic E-state index is 11.2. The summed E-state index contributed by atoms with van der Waals surface area (Å²) < 4.78 is 5.32. The van der Waals surface area contributed by atoms with Gasteiger partial charge in [0.25, 0.3) is 0 Å². The number of amides is 1. The first-order valence-corrected chi connectivity index (χ1v) is 5.85. The predicted octanol–water partition coefficient (Wildman–Crippen LogP) is 0.376. The van der Waals surface area contributed by atoms with Gasteiger partial charge in [-0.2, -0.15) is 0 Å². The number of ether oxygens (including phenoxy) is 1. The molecule has 0 aromatic carbocycles. The van der Waals surface area contributed by atoms with Crippen molar-refractivity contribution in [2.24, 2.45) is 0 Å². The summed E-state index contributed by atoms with van der Waals surface area (Å²) >= 11 is 0. The van der Waals surface area contributed by atoms with E-state index in [9.17, 15) is 4.79 Å². The summed E-state index contributed by atoms with van der Waals surface area (Å²) in [6.45, 7) is 5.20. The van der Waals surface area contributed by atoms with Crippen molar-refractivity contribution < 1.29 is 9.53 Å². The number of hydrogen-bond acceptors (Lipinski definition) is 3. The van der Waals surface area contributed by atoms with Crippen molar-refractivity contribution in [2.75, 3.05) is 26.3 Å². The van der Waals surface area contributed by atoms with Gasteiger partial charge in [-0.3, -0.25) is 4.79 Å². The van der Waals surface area contributed by atoms with Crippen LogP contribution in [0.1, 0.15) is 26.2 Å². The number of carbonyl (C=O) groups excluding carboxylic acids is 1. The molecule has 0 saturated carbocycles. The van der Waals surface area contributed by atoms with Gasteiger partial charge in [-0.25, -0.2) is 0 Å². The van der Waals surface area contributed by atoms with Crippen LogP contribution in [-0.4, -0.2) is 49.2 Å². The molecule has 1 atom stereocenters. The maximum absolute atomic E-state index is 11.2. The number of carbonyl (C=O) groups is 1. The van der Waals surface area contributed by atoms with Crippen molar-refractivity contribution in [2.45, 2.75) is 38.3 Å². The van der Waals surface area contributed by atoms with Crippen molar-refractivity contribution in [3.8, 4) is 0 Å². The predicted molar refractivity (Wildman–Crippen MR) is 57.6 cm³/mol. The second-order valence-corrected chi connectivity index (χ2v) is 4.50. The monoisotopic (exact) mass is 212 g/mol. The smallest absolute Gasteiger partial charge is 0.219 e. The Hall–Kier alpha value is -0.610. The minimum atomic E-state index is 0.200. The van der Waals surface area contributed by atoms with Crippen LogP contribution in [0.15, 0.2) is 0 Å². The molecular weight excluding hydrogens is 192 g/mol. The van der Waals surface area contributed by atoms with Crippen LogP contribution in [0.4, 0.5) is 0 Å². The minimum Gasteiger partial charge on any atom is -0.381 e. The first-order valence-electron chi connectivity index (χ1n) is 5.85. The second kappa shape index (κ2) is 4.94. The van der Waals surface area contributed by atoms with Crippen LogP contribution in [0.3, 0.4) is 0 Å². The Balaban J connectivity index is 1.74. The van der Waals surface area contributed by atoms with E-state index in [1.165, 1.54) is 0 Å². The van der Waals surface area contributed by atoms with Crippen LogP contribution in [0.2, 0.25) is 0 Å². The number of hydrogen-bond donors (Lipinski definition) is 1. The Morgan fingerprint density at radius 3 is 2.60 bits per heavy atom. The molecule has 86 valence electrons. The molecule has 2 aliphatic heterocycles. The van der Waals surface area contributed by atoms with Gasteiger partial charge in [0, 0.05) is 45.3 Å². The SMILES string of the molecule is CC(=O)N1CCC(NC2CCOCC2)C1. The average Bonchev–Trinajstić information content (AvgIpc) is 2.68. The fourth-order valence-corrected chi connectivity index (χ4v) is 2.38. The number of likely N-dealkylation sites (tertiary alicyclic amines) is 1. The molecular formula is C11H20N2O2. The van der Waals surface area contributed by atoms with E-state index in [-0.39, 0.29) is 5.91 Å². The zero-order chi connectivity index (χ0) is 10.7. The Kier molecular flexibility index (Phi) is 3.59. The van der Waals surface area contributed by atoms with Crippen molar-refractivity contribution in [1.82, 2.24) is 10.2 Å². The quantitative estimate of drug-likeness (QED) is 0.719.